The molecule has 120 valence electrons. The fourth-order valence-corrected chi connectivity index (χ4v) is 2.83. The third kappa shape index (κ3) is 3.36. The minimum absolute atomic E-state index is 0.171. The number of nitrogens with zero attached hydrogens (tertiary/aromatic N) is 4. The van der Waals surface area contributed by atoms with Crippen molar-refractivity contribution in [3.63, 3.8) is 0 Å². The van der Waals surface area contributed by atoms with Crippen LogP contribution in [0.4, 0.5) is 4.39 Å². The summed E-state index contributed by atoms with van der Waals surface area (Å²) in [4.78, 5) is 20.1. The van der Waals surface area contributed by atoms with Crippen LogP contribution in [0.25, 0.3) is 16.7 Å². The first-order valence-electron chi connectivity index (χ1n) is 6.96. The average Bonchev–Trinajstić information content (AvgIpc) is 3.03. The quantitative estimate of drug-likeness (QED) is 0.435. The van der Waals surface area contributed by atoms with Gasteiger partial charge in [-0.05, 0) is 24.3 Å². The highest BCUT2D eigenvalue weighted by Gasteiger charge is 2.12. The van der Waals surface area contributed by atoms with Crippen LogP contribution < -0.4 is 5.32 Å². The molecule has 0 radical (unpaired) electrons. The summed E-state index contributed by atoms with van der Waals surface area (Å²) >= 11 is 1.27. The third-order valence-electron chi connectivity index (χ3n) is 3.13. The molecule has 1 amide bonds. The molecule has 0 unspecified atom stereocenters. The van der Waals surface area contributed by atoms with E-state index in [0.29, 0.717) is 16.4 Å². The Morgan fingerprint density at radius 2 is 2.12 bits per heavy atom. The topological polar surface area (TPSA) is 72.7 Å². The average molecular weight is 341 g/mol. The molecule has 0 aliphatic heterocycles. The summed E-state index contributed by atoms with van der Waals surface area (Å²) in [6, 6.07) is 5.94. The molecular weight excluding hydrogens is 329 g/mol. The van der Waals surface area contributed by atoms with E-state index in [1.807, 2.05) is 0 Å². The fraction of sp³-hybridized carbons (Fsp3) is 0.125. The van der Waals surface area contributed by atoms with Crippen LogP contribution in [-0.4, -0.2) is 38.0 Å². The number of hydrogen-bond donors (Lipinski definition) is 1. The van der Waals surface area contributed by atoms with Gasteiger partial charge in [-0.25, -0.2) is 19.0 Å². The Bertz CT molecular complexity index is 916. The van der Waals surface area contributed by atoms with E-state index in [1.165, 1.54) is 30.2 Å². The van der Waals surface area contributed by atoms with Crippen molar-refractivity contribution < 1.29 is 9.18 Å². The molecule has 8 heteroatoms. The van der Waals surface area contributed by atoms with Crippen LogP contribution in [0.1, 0.15) is 0 Å². The Morgan fingerprint density at radius 3 is 2.88 bits per heavy atom. The largest absolute Gasteiger partial charge is 0.344 e. The standard InChI is InChI=1S/C16H12FN5OS/c1-2-7-18-14(23)9-24-16-13-8-21-22(15(13)19-10-20-16)12-5-3-11(17)4-6-12/h1,3-6,8,10H,7,9H2,(H,18,23). The molecule has 2 heterocycles. The Morgan fingerprint density at radius 1 is 1.33 bits per heavy atom. The lowest BCUT2D eigenvalue weighted by atomic mass is 10.3. The van der Waals surface area contributed by atoms with Gasteiger partial charge in [0.25, 0.3) is 0 Å². The number of benzene rings is 1. The highest BCUT2D eigenvalue weighted by Crippen LogP contribution is 2.25. The van der Waals surface area contributed by atoms with Gasteiger partial charge in [0.05, 0.1) is 29.6 Å². The van der Waals surface area contributed by atoms with Gasteiger partial charge >= 0.3 is 0 Å². The molecule has 0 aliphatic carbocycles. The fourth-order valence-electron chi connectivity index (χ4n) is 2.04. The van der Waals surface area contributed by atoms with Crippen molar-refractivity contribution in [1.82, 2.24) is 25.1 Å². The first-order valence-corrected chi connectivity index (χ1v) is 7.95. The highest BCUT2D eigenvalue weighted by atomic mass is 32.2. The maximum Gasteiger partial charge on any atom is 0.231 e. The Balaban J connectivity index is 1.85. The number of amides is 1. The van der Waals surface area contributed by atoms with Gasteiger partial charge in [-0.1, -0.05) is 17.7 Å². The summed E-state index contributed by atoms with van der Waals surface area (Å²) < 4.78 is 14.7. The lowest BCUT2D eigenvalue weighted by Crippen LogP contribution is -2.25. The first kappa shape index (κ1) is 16.0. The summed E-state index contributed by atoms with van der Waals surface area (Å²) in [6.45, 7) is 0.196. The summed E-state index contributed by atoms with van der Waals surface area (Å²) in [5, 5.41) is 8.24. The van der Waals surface area contributed by atoms with Crippen molar-refractivity contribution in [3.05, 3.63) is 42.6 Å². The molecular formula is C16H12FN5OS. The predicted molar refractivity (Wildman–Crippen MR) is 89.2 cm³/mol. The Hall–Kier alpha value is -2.92. The number of aromatic nitrogens is 4. The molecule has 0 spiro atoms. The van der Waals surface area contributed by atoms with Crippen LogP contribution in [0.15, 0.2) is 41.8 Å². The van der Waals surface area contributed by atoms with E-state index in [4.69, 9.17) is 6.42 Å². The minimum atomic E-state index is -0.320. The Labute approximate surface area is 141 Å². The maximum atomic E-state index is 13.1. The molecule has 0 bridgehead atoms. The molecule has 0 saturated carbocycles. The van der Waals surface area contributed by atoms with Gasteiger partial charge in [0.15, 0.2) is 5.65 Å². The van der Waals surface area contributed by atoms with Gasteiger partial charge in [-0.15, -0.1) is 6.42 Å². The molecule has 0 saturated heterocycles. The van der Waals surface area contributed by atoms with Crippen molar-refractivity contribution in [2.24, 2.45) is 0 Å². The van der Waals surface area contributed by atoms with Gasteiger partial charge in [-0.2, -0.15) is 5.10 Å². The molecule has 0 fully saturated rings. The zero-order chi connectivity index (χ0) is 16.9. The minimum Gasteiger partial charge on any atom is -0.344 e. The summed E-state index contributed by atoms with van der Waals surface area (Å²) in [5.41, 5.74) is 1.27. The van der Waals surface area contributed by atoms with Crippen LogP contribution in [0.5, 0.6) is 0 Å². The van der Waals surface area contributed by atoms with Gasteiger partial charge in [0.1, 0.15) is 17.2 Å². The number of carbonyl (C=O) groups excluding carboxylic acids is 1. The van der Waals surface area contributed by atoms with E-state index >= 15 is 0 Å². The van der Waals surface area contributed by atoms with Crippen LogP contribution >= 0.6 is 11.8 Å². The number of carbonyl (C=O) groups is 1. The Kier molecular flexibility index (Phi) is 4.72. The second kappa shape index (κ2) is 7.10. The lowest BCUT2D eigenvalue weighted by molar-refractivity contribution is -0.118. The molecule has 2 aromatic heterocycles. The lowest BCUT2D eigenvalue weighted by Gasteiger charge is -2.04. The number of halogens is 1. The number of terminal acetylenes is 1. The second-order valence-electron chi connectivity index (χ2n) is 4.72. The van der Waals surface area contributed by atoms with Crippen LogP contribution in [0.2, 0.25) is 0 Å². The molecule has 3 aromatic rings. The second-order valence-corrected chi connectivity index (χ2v) is 5.68. The highest BCUT2D eigenvalue weighted by molar-refractivity contribution is 8.00. The summed E-state index contributed by atoms with van der Waals surface area (Å²) in [5.74, 6) is 2.04. The van der Waals surface area contributed by atoms with E-state index in [-0.39, 0.29) is 24.0 Å². The number of thioether (sulfide) groups is 1. The normalized spacial score (nSPS) is 10.5. The van der Waals surface area contributed by atoms with Gasteiger partial charge < -0.3 is 5.32 Å². The van der Waals surface area contributed by atoms with Gasteiger partial charge in [0, 0.05) is 0 Å². The molecule has 0 atom stereocenters. The monoisotopic (exact) mass is 341 g/mol. The van der Waals surface area contributed by atoms with E-state index in [2.05, 4.69) is 26.3 Å². The molecule has 0 aliphatic rings. The SMILES string of the molecule is C#CCNC(=O)CSc1ncnc2c1cnn2-c1ccc(F)cc1. The van der Waals surface area contributed by atoms with Gasteiger partial charge in [-0.3, -0.25) is 4.79 Å². The van der Waals surface area contributed by atoms with Crippen LogP contribution in [0, 0.1) is 18.2 Å². The van der Waals surface area contributed by atoms with E-state index in [9.17, 15) is 9.18 Å². The molecule has 3 rings (SSSR count). The third-order valence-corrected chi connectivity index (χ3v) is 4.13. The molecule has 6 nitrogen and oxygen atoms in total. The zero-order valence-electron chi connectivity index (χ0n) is 12.4. The van der Waals surface area contributed by atoms with E-state index < -0.39 is 0 Å². The molecule has 24 heavy (non-hydrogen) atoms. The molecule has 1 aromatic carbocycles. The van der Waals surface area contributed by atoms with Crippen LogP contribution in [-0.2, 0) is 4.79 Å². The number of fused-ring (bicyclic) bond motifs is 1. The number of nitrogens with one attached hydrogen (secondary N) is 1. The maximum absolute atomic E-state index is 13.1. The van der Waals surface area contributed by atoms with E-state index in [0.717, 1.165) is 5.39 Å². The van der Waals surface area contributed by atoms with Crippen molar-refractivity contribution in [2.45, 2.75) is 5.03 Å². The smallest absolute Gasteiger partial charge is 0.231 e. The van der Waals surface area contributed by atoms with Crippen molar-refractivity contribution in [2.75, 3.05) is 12.3 Å². The predicted octanol–water partition coefficient (Wildman–Crippen LogP) is 1.80. The van der Waals surface area contributed by atoms with Gasteiger partial charge in [0.2, 0.25) is 5.91 Å². The zero-order valence-corrected chi connectivity index (χ0v) is 13.3. The van der Waals surface area contributed by atoms with Crippen molar-refractivity contribution >= 4 is 28.7 Å². The van der Waals surface area contributed by atoms with Crippen molar-refractivity contribution in [3.8, 4) is 18.0 Å². The number of rotatable bonds is 5. The van der Waals surface area contributed by atoms with Crippen molar-refractivity contribution in [1.29, 1.82) is 0 Å². The number of hydrogen-bond acceptors (Lipinski definition) is 5. The van der Waals surface area contributed by atoms with Crippen LogP contribution in [0.3, 0.4) is 0 Å². The summed E-state index contributed by atoms with van der Waals surface area (Å²) in [7, 11) is 0. The summed E-state index contributed by atoms with van der Waals surface area (Å²) in [6.07, 6.45) is 8.13. The first-order chi connectivity index (χ1) is 11.7. The van der Waals surface area contributed by atoms with E-state index in [1.54, 1.807) is 23.0 Å². The molecule has 1 N–H and O–H groups in total.